The number of ether oxygens (including phenoxy) is 2. The molecule has 19 heavy (non-hydrogen) atoms. The molecular weight excluding hydrogens is 306 g/mol. The number of hydrogen-bond acceptors (Lipinski definition) is 2. The number of aromatic nitrogens is 1. The first-order chi connectivity index (χ1) is 9.05. The number of benzene rings is 1. The summed E-state index contributed by atoms with van der Waals surface area (Å²) in [4.78, 5) is 0. The van der Waals surface area contributed by atoms with Crippen LogP contribution in [0.15, 0.2) is 34.9 Å². The van der Waals surface area contributed by atoms with E-state index in [-0.39, 0.29) is 6.10 Å². The molecule has 1 aliphatic heterocycles. The topological polar surface area (TPSA) is 23.4 Å². The van der Waals surface area contributed by atoms with Crippen LogP contribution < -0.4 is 0 Å². The lowest BCUT2D eigenvalue weighted by Gasteiger charge is -2.17. The van der Waals surface area contributed by atoms with Gasteiger partial charge in [-0.1, -0.05) is 22.0 Å². The van der Waals surface area contributed by atoms with Gasteiger partial charge in [0.05, 0.1) is 12.7 Å². The van der Waals surface area contributed by atoms with Crippen LogP contribution in [0, 0.1) is 0 Å². The van der Waals surface area contributed by atoms with E-state index in [2.05, 4.69) is 51.0 Å². The van der Waals surface area contributed by atoms with Crippen molar-refractivity contribution < 1.29 is 9.47 Å². The van der Waals surface area contributed by atoms with E-state index in [0.717, 1.165) is 17.4 Å². The van der Waals surface area contributed by atoms with Crippen LogP contribution in [-0.4, -0.2) is 23.1 Å². The van der Waals surface area contributed by atoms with E-state index in [4.69, 9.17) is 9.47 Å². The Morgan fingerprint density at radius 1 is 1.37 bits per heavy atom. The van der Waals surface area contributed by atoms with E-state index in [1.54, 1.807) is 0 Å². The molecule has 1 fully saturated rings. The van der Waals surface area contributed by atoms with E-state index >= 15 is 0 Å². The molecule has 2 heterocycles. The molecule has 2 aromatic rings. The lowest BCUT2D eigenvalue weighted by Crippen LogP contribution is -2.22. The molecule has 0 aliphatic carbocycles. The lowest BCUT2D eigenvalue weighted by molar-refractivity contribution is -0.139. The second-order valence-electron chi connectivity index (χ2n) is 5.42. The summed E-state index contributed by atoms with van der Waals surface area (Å²) in [5.74, 6) is -0.424. The summed E-state index contributed by atoms with van der Waals surface area (Å²) in [5.41, 5.74) is 1.26. The number of halogens is 1. The molecule has 3 rings (SSSR count). The Morgan fingerprint density at radius 3 is 2.95 bits per heavy atom. The lowest BCUT2D eigenvalue weighted by atomic mass is 10.2. The molecule has 1 aromatic carbocycles. The van der Waals surface area contributed by atoms with Crippen LogP contribution in [0.2, 0.25) is 0 Å². The molecule has 102 valence electrons. The van der Waals surface area contributed by atoms with Gasteiger partial charge in [-0.3, -0.25) is 0 Å². The predicted octanol–water partition coefficient (Wildman–Crippen LogP) is 3.95. The van der Waals surface area contributed by atoms with E-state index < -0.39 is 5.79 Å². The maximum atomic E-state index is 5.84. The molecular formula is C15H18BrNO2. The Hall–Kier alpha value is -0.840. The quantitative estimate of drug-likeness (QED) is 0.853. The molecule has 1 unspecified atom stereocenters. The summed E-state index contributed by atoms with van der Waals surface area (Å²) < 4.78 is 14.8. The second kappa shape index (κ2) is 4.93. The molecule has 1 saturated heterocycles. The Balaban J connectivity index is 1.71. The molecule has 3 nitrogen and oxygen atoms in total. The first-order valence-corrected chi connectivity index (χ1v) is 7.40. The maximum Gasteiger partial charge on any atom is 0.163 e. The van der Waals surface area contributed by atoms with Crippen molar-refractivity contribution in [2.24, 2.45) is 0 Å². The van der Waals surface area contributed by atoms with Gasteiger partial charge in [-0.25, -0.2) is 0 Å². The van der Waals surface area contributed by atoms with Crippen molar-refractivity contribution >= 4 is 26.8 Å². The van der Waals surface area contributed by atoms with Gasteiger partial charge in [-0.15, -0.1) is 0 Å². The van der Waals surface area contributed by atoms with Crippen LogP contribution >= 0.6 is 15.9 Å². The SMILES string of the molecule is CC1(C)OCC(CCn2ccc3c(Br)cccc32)O1. The number of rotatable bonds is 3. The molecule has 0 spiro atoms. The van der Waals surface area contributed by atoms with Crippen LogP contribution in [0.5, 0.6) is 0 Å². The number of hydrogen-bond donors (Lipinski definition) is 0. The van der Waals surface area contributed by atoms with Crippen molar-refractivity contribution in [2.45, 2.75) is 38.7 Å². The van der Waals surface area contributed by atoms with Gasteiger partial charge in [-0.2, -0.15) is 0 Å². The second-order valence-corrected chi connectivity index (χ2v) is 6.28. The Kier molecular flexibility index (Phi) is 3.41. The Morgan fingerprint density at radius 2 is 2.21 bits per heavy atom. The summed E-state index contributed by atoms with van der Waals surface area (Å²) in [6, 6.07) is 8.44. The zero-order chi connectivity index (χ0) is 13.5. The summed E-state index contributed by atoms with van der Waals surface area (Å²) in [5, 5.41) is 1.26. The zero-order valence-corrected chi connectivity index (χ0v) is 12.8. The average Bonchev–Trinajstić information content (AvgIpc) is 2.91. The fourth-order valence-corrected chi connectivity index (χ4v) is 3.06. The average molecular weight is 324 g/mol. The molecule has 1 atom stereocenters. The monoisotopic (exact) mass is 323 g/mol. The van der Waals surface area contributed by atoms with Crippen molar-refractivity contribution in [1.82, 2.24) is 4.57 Å². The summed E-state index contributed by atoms with van der Waals surface area (Å²) >= 11 is 3.58. The van der Waals surface area contributed by atoms with Gasteiger partial charge in [0, 0.05) is 28.1 Å². The minimum absolute atomic E-state index is 0.194. The van der Waals surface area contributed by atoms with E-state index in [0.29, 0.717) is 6.61 Å². The third-order valence-electron chi connectivity index (χ3n) is 3.52. The molecule has 0 bridgehead atoms. The van der Waals surface area contributed by atoms with Crippen molar-refractivity contribution in [1.29, 1.82) is 0 Å². The summed E-state index contributed by atoms with van der Waals surface area (Å²) in [6.07, 6.45) is 3.30. The normalized spacial score (nSPS) is 22.2. The van der Waals surface area contributed by atoms with Gasteiger partial charge in [0.15, 0.2) is 5.79 Å². The first-order valence-electron chi connectivity index (χ1n) is 6.60. The number of aryl methyl sites for hydroxylation is 1. The van der Waals surface area contributed by atoms with Gasteiger partial charge in [-0.05, 0) is 38.5 Å². The maximum absolute atomic E-state index is 5.84. The molecule has 0 radical (unpaired) electrons. The van der Waals surface area contributed by atoms with Gasteiger partial charge in [0.1, 0.15) is 0 Å². The van der Waals surface area contributed by atoms with E-state index in [1.807, 2.05) is 13.8 Å². The smallest absolute Gasteiger partial charge is 0.163 e. The van der Waals surface area contributed by atoms with Gasteiger partial charge >= 0.3 is 0 Å². The fourth-order valence-electron chi connectivity index (χ4n) is 2.57. The minimum atomic E-state index is -0.424. The third-order valence-corrected chi connectivity index (χ3v) is 4.21. The molecule has 0 N–H and O–H groups in total. The molecule has 1 aromatic heterocycles. The van der Waals surface area contributed by atoms with Crippen LogP contribution in [0.25, 0.3) is 10.9 Å². The van der Waals surface area contributed by atoms with Crippen molar-refractivity contribution in [3.63, 3.8) is 0 Å². The Bertz CT molecular complexity index is 591. The van der Waals surface area contributed by atoms with Crippen LogP contribution in [0.1, 0.15) is 20.3 Å². The van der Waals surface area contributed by atoms with Crippen LogP contribution in [0.3, 0.4) is 0 Å². The third kappa shape index (κ3) is 2.71. The predicted molar refractivity (Wildman–Crippen MR) is 79.2 cm³/mol. The van der Waals surface area contributed by atoms with Crippen molar-refractivity contribution in [2.75, 3.05) is 6.61 Å². The van der Waals surface area contributed by atoms with Crippen molar-refractivity contribution in [3.8, 4) is 0 Å². The van der Waals surface area contributed by atoms with Crippen LogP contribution in [-0.2, 0) is 16.0 Å². The molecule has 0 amide bonds. The Labute approximate surface area is 121 Å². The molecule has 1 aliphatic rings. The highest BCUT2D eigenvalue weighted by molar-refractivity contribution is 9.10. The zero-order valence-electron chi connectivity index (χ0n) is 11.2. The van der Waals surface area contributed by atoms with Gasteiger partial charge in [0.25, 0.3) is 0 Å². The van der Waals surface area contributed by atoms with Crippen LogP contribution in [0.4, 0.5) is 0 Å². The highest BCUT2D eigenvalue weighted by Gasteiger charge is 2.32. The molecule has 4 heteroatoms. The van der Waals surface area contributed by atoms with E-state index in [9.17, 15) is 0 Å². The standard InChI is InChI=1S/C15H18BrNO2/c1-15(2)18-10-11(19-15)6-8-17-9-7-12-13(16)4-3-5-14(12)17/h3-5,7,9,11H,6,8,10H2,1-2H3. The molecule has 0 saturated carbocycles. The summed E-state index contributed by atoms with van der Waals surface area (Å²) in [7, 11) is 0. The minimum Gasteiger partial charge on any atom is -0.348 e. The highest BCUT2D eigenvalue weighted by atomic mass is 79.9. The highest BCUT2D eigenvalue weighted by Crippen LogP contribution is 2.27. The number of fused-ring (bicyclic) bond motifs is 1. The van der Waals surface area contributed by atoms with E-state index in [1.165, 1.54) is 10.9 Å². The fraction of sp³-hybridized carbons (Fsp3) is 0.467. The van der Waals surface area contributed by atoms with Crippen molar-refractivity contribution in [3.05, 3.63) is 34.9 Å². The number of nitrogens with zero attached hydrogens (tertiary/aromatic N) is 1. The summed E-state index contributed by atoms with van der Waals surface area (Å²) in [6.45, 7) is 5.57. The largest absolute Gasteiger partial charge is 0.348 e. The van der Waals surface area contributed by atoms with Gasteiger partial charge in [0.2, 0.25) is 0 Å². The first kappa shape index (κ1) is 13.2. The van der Waals surface area contributed by atoms with Gasteiger partial charge < -0.3 is 14.0 Å².